The Hall–Kier alpha value is -3.46. The number of carbonyl (C=O) groups excluding carboxylic acids is 1. The molecule has 2 amide bonds. The van der Waals surface area contributed by atoms with Crippen LogP contribution in [-0.4, -0.2) is 58.8 Å². The van der Waals surface area contributed by atoms with Crippen LogP contribution in [0.5, 0.6) is 0 Å². The van der Waals surface area contributed by atoms with Gasteiger partial charge in [0.25, 0.3) is 5.91 Å². The fourth-order valence-corrected chi connectivity index (χ4v) is 6.21. The number of nitrogens with one attached hydrogen (secondary N) is 2. The second-order valence-electron chi connectivity index (χ2n) is 11.4. The van der Waals surface area contributed by atoms with E-state index in [4.69, 9.17) is 16.7 Å². The molecule has 0 unspecified atom stereocenters. The van der Waals surface area contributed by atoms with Gasteiger partial charge in [0.05, 0.1) is 5.60 Å². The number of amides is 2. The number of aromatic nitrogens is 1. The van der Waals surface area contributed by atoms with Crippen LogP contribution in [0.2, 0.25) is 5.15 Å². The molecule has 4 rings (SSSR count). The van der Waals surface area contributed by atoms with Crippen molar-refractivity contribution >= 4 is 23.6 Å². The van der Waals surface area contributed by atoms with Gasteiger partial charge in [0.15, 0.2) is 0 Å². The lowest BCUT2D eigenvalue weighted by atomic mass is 9.72. The van der Waals surface area contributed by atoms with Crippen molar-refractivity contribution in [2.24, 2.45) is 5.92 Å². The van der Waals surface area contributed by atoms with Crippen molar-refractivity contribution in [2.75, 3.05) is 26.7 Å². The highest BCUT2D eigenvalue weighted by atomic mass is 35.5. The first-order valence-electron chi connectivity index (χ1n) is 14.6. The Balaban J connectivity index is 1.71. The third kappa shape index (κ3) is 7.30. The Kier molecular flexibility index (Phi) is 10.6. The lowest BCUT2D eigenvalue weighted by Crippen LogP contribution is -2.48. The lowest BCUT2D eigenvalue weighted by molar-refractivity contribution is -0.0563. The number of nitrogens with zero attached hydrogens (tertiary/aromatic N) is 2. The minimum absolute atomic E-state index is 0.0665. The zero-order valence-electron chi connectivity index (χ0n) is 24.6. The van der Waals surface area contributed by atoms with Gasteiger partial charge in [-0.1, -0.05) is 61.8 Å². The number of benzene rings is 2. The van der Waals surface area contributed by atoms with Gasteiger partial charge in [-0.3, -0.25) is 4.79 Å². The van der Waals surface area contributed by atoms with Crippen molar-refractivity contribution in [3.05, 3.63) is 88.2 Å². The van der Waals surface area contributed by atoms with Gasteiger partial charge in [-0.2, -0.15) is 0 Å². The van der Waals surface area contributed by atoms with Crippen molar-refractivity contribution in [3.8, 4) is 11.1 Å². The lowest BCUT2D eigenvalue weighted by Gasteiger charge is -2.43. The SMILES string of the molecule is CNCc1ccc(C(=O)N2CCC[C@@H]([C@@](O)(CCCNC(=O)O)c3ccnc(Cl)c3-c3cccc(C(C)C)c3)C2)cc1. The molecule has 1 saturated heterocycles. The fourth-order valence-electron chi connectivity index (χ4n) is 5.94. The highest BCUT2D eigenvalue weighted by Gasteiger charge is 2.43. The van der Waals surface area contributed by atoms with Crippen LogP contribution >= 0.6 is 11.6 Å². The van der Waals surface area contributed by atoms with Crippen molar-refractivity contribution in [1.82, 2.24) is 20.5 Å². The van der Waals surface area contributed by atoms with E-state index in [0.717, 1.165) is 29.7 Å². The normalized spacial score (nSPS) is 16.7. The largest absolute Gasteiger partial charge is 0.465 e. The molecule has 1 aliphatic rings. The number of carboxylic acid groups (broad SMARTS) is 1. The molecule has 2 aromatic carbocycles. The number of hydrogen-bond acceptors (Lipinski definition) is 5. The maximum atomic E-state index is 13.6. The number of rotatable bonds is 11. The second-order valence-corrected chi connectivity index (χ2v) is 11.7. The summed E-state index contributed by atoms with van der Waals surface area (Å²) in [5.74, 6) is -0.0626. The van der Waals surface area contributed by atoms with E-state index in [9.17, 15) is 14.7 Å². The van der Waals surface area contributed by atoms with E-state index in [2.05, 4.69) is 41.6 Å². The minimum Gasteiger partial charge on any atom is -0.465 e. The summed E-state index contributed by atoms with van der Waals surface area (Å²) in [6.07, 6.45) is 2.64. The van der Waals surface area contributed by atoms with Crippen LogP contribution in [0.4, 0.5) is 4.79 Å². The molecule has 224 valence electrons. The summed E-state index contributed by atoms with van der Waals surface area (Å²) < 4.78 is 0. The standard InChI is InChI=1S/C33H41ClN4O4/c1-22(2)25-7-4-8-26(19-25)29-28(14-17-36-30(29)34)33(42,15-6-16-37-32(40)41)27-9-5-18-38(21-27)31(39)24-12-10-23(11-13-24)20-35-3/h4,7-8,10-14,17,19,22,27,35,37,42H,5-6,9,15-16,18,20-21H2,1-3H3,(H,40,41)/t27-,33+/m1/s1. The number of carbonyl (C=O) groups is 2. The molecule has 8 nitrogen and oxygen atoms in total. The zero-order chi connectivity index (χ0) is 30.3. The Morgan fingerprint density at radius 1 is 1.17 bits per heavy atom. The first-order valence-corrected chi connectivity index (χ1v) is 15.0. The molecule has 42 heavy (non-hydrogen) atoms. The van der Waals surface area contributed by atoms with Gasteiger partial charge in [-0.25, -0.2) is 9.78 Å². The van der Waals surface area contributed by atoms with Gasteiger partial charge in [-0.15, -0.1) is 0 Å². The highest BCUT2D eigenvalue weighted by molar-refractivity contribution is 6.32. The molecule has 0 bridgehead atoms. The molecular formula is C33H41ClN4O4. The molecular weight excluding hydrogens is 552 g/mol. The van der Waals surface area contributed by atoms with Gasteiger partial charge in [0.2, 0.25) is 0 Å². The molecule has 0 aliphatic carbocycles. The Bertz CT molecular complexity index is 1380. The van der Waals surface area contributed by atoms with E-state index in [1.807, 2.05) is 54.4 Å². The van der Waals surface area contributed by atoms with Crippen molar-refractivity contribution < 1.29 is 19.8 Å². The summed E-state index contributed by atoms with van der Waals surface area (Å²) in [7, 11) is 1.88. The first-order chi connectivity index (χ1) is 20.1. The molecule has 3 aromatic rings. The van der Waals surface area contributed by atoms with E-state index >= 15 is 0 Å². The van der Waals surface area contributed by atoms with Gasteiger partial charge in [0.1, 0.15) is 5.15 Å². The maximum absolute atomic E-state index is 13.6. The molecule has 0 radical (unpaired) electrons. The van der Waals surface area contributed by atoms with Crippen LogP contribution in [0.3, 0.4) is 0 Å². The summed E-state index contributed by atoms with van der Waals surface area (Å²) in [6, 6.07) is 17.5. The molecule has 0 spiro atoms. The summed E-state index contributed by atoms with van der Waals surface area (Å²) in [5, 5.41) is 27.6. The third-order valence-corrected chi connectivity index (χ3v) is 8.48. The number of aliphatic hydroxyl groups is 1. The van der Waals surface area contributed by atoms with Gasteiger partial charge < -0.3 is 25.7 Å². The minimum atomic E-state index is -1.38. The molecule has 2 atom stereocenters. The predicted molar refractivity (Wildman–Crippen MR) is 166 cm³/mol. The van der Waals surface area contributed by atoms with Crippen LogP contribution in [-0.2, 0) is 12.1 Å². The maximum Gasteiger partial charge on any atom is 0.404 e. The Labute approximate surface area is 253 Å². The Morgan fingerprint density at radius 2 is 1.93 bits per heavy atom. The van der Waals surface area contributed by atoms with Crippen LogP contribution in [0, 0.1) is 5.92 Å². The van der Waals surface area contributed by atoms with Crippen molar-refractivity contribution in [2.45, 2.75) is 57.6 Å². The van der Waals surface area contributed by atoms with E-state index in [0.29, 0.717) is 53.7 Å². The number of likely N-dealkylation sites (tertiary alicyclic amines) is 1. The summed E-state index contributed by atoms with van der Waals surface area (Å²) in [6.45, 7) is 6.14. The second kappa shape index (κ2) is 14.1. The highest BCUT2D eigenvalue weighted by Crippen LogP contribution is 2.45. The molecule has 1 aliphatic heterocycles. The molecule has 0 saturated carbocycles. The average Bonchev–Trinajstić information content (AvgIpc) is 2.99. The van der Waals surface area contributed by atoms with E-state index in [1.165, 1.54) is 0 Å². The van der Waals surface area contributed by atoms with E-state index < -0.39 is 11.7 Å². The van der Waals surface area contributed by atoms with Crippen LogP contribution < -0.4 is 10.6 Å². The van der Waals surface area contributed by atoms with Gasteiger partial charge >= 0.3 is 6.09 Å². The molecule has 9 heteroatoms. The topological polar surface area (TPSA) is 115 Å². The van der Waals surface area contributed by atoms with Gasteiger partial charge in [0, 0.05) is 49.4 Å². The molecule has 4 N–H and O–H groups in total. The van der Waals surface area contributed by atoms with Crippen LogP contribution in [0.25, 0.3) is 11.1 Å². The molecule has 1 aromatic heterocycles. The quantitative estimate of drug-likeness (QED) is 0.160. The van der Waals surface area contributed by atoms with Crippen LogP contribution in [0.15, 0.2) is 60.8 Å². The third-order valence-electron chi connectivity index (χ3n) is 8.19. The van der Waals surface area contributed by atoms with E-state index in [1.54, 1.807) is 6.20 Å². The average molecular weight is 593 g/mol. The van der Waals surface area contributed by atoms with E-state index in [-0.39, 0.29) is 24.8 Å². The van der Waals surface area contributed by atoms with Crippen LogP contribution in [0.1, 0.15) is 72.5 Å². The molecule has 1 fully saturated rings. The summed E-state index contributed by atoms with van der Waals surface area (Å²) in [4.78, 5) is 30.9. The monoisotopic (exact) mass is 592 g/mol. The smallest absolute Gasteiger partial charge is 0.404 e. The number of halogens is 1. The zero-order valence-corrected chi connectivity index (χ0v) is 25.3. The fraction of sp³-hybridized carbons (Fsp3) is 0.424. The molecule has 2 heterocycles. The Morgan fingerprint density at radius 3 is 2.62 bits per heavy atom. The van der Waals surface area contributed by atoms with Crippen molar-refractivity contribution in [1.29, 1.82) is 0 Å². The summed E-state index contributed by atoms with van der Waals surface area (Å²) in [5.41, 5.74) is 3.64. The first kappa shape index (κ1) is 31.5. The number of piperidine rings is 1. The summed E-state index contributed by atoms with van der Waals surface area (Å²) >= 11 is 6.76. The predicted octanol–water partition coefficient (Wildman–Crippen LogP) is 6.03. The number of hydrogen-bond donors (Lipinski definition) is 4. The van der Waals surface area contributed by atoms with Crippen molar-refractivity contribution in [3.63, 3.8) is 0 Å². The van der Waals surface area contributed by atoms with Gasteiger partial charge in [-0.05, 0) is 79.1 Å². The number of pyridine rings is 1.